The largest absolute Gasteiger partial charge is 0.423 e. The van der Waals surface area contributed by atoms with Crippen LogP contribution in [0, 0.1) is 0 Å². The molecule has 0 bridgehead atoms. The average molecular weight is 391 g/mol. The predicted molar refractivity (Wildman–Crippen MR) is 84.9 cm³/mol. The summed E-state index contributed by atoms with van der Waals surface area (Å²) in [7, 11) is 0. The molecule has 5 N–H and O–H groups in total. The van der Waals surface area contributed by atoms with Crippen LogP contribution < -0.4 is 10.9 Å². The first-order chi connectivity index (χ1) is 12.6. The number of hydrogen-bond donors (Lipinski definition) is 5. The van der Waals surface area contributed by atoms with Crippen LogP contribution in [-0.2, 0) is 10.9 Å². The molecule has 2 unspecified atom stereocenters. The van der Waals surface area contributed by atoms with E-state index in [1.807, 2.05) is 0 Å². The molecule has 3 rings (SSSR count). The van der Waals surface area contributed by atoms with E-state index in [4.69, 9.17) is 14.3 Å². The maximum absolute atomic E-state index is 13.1. The van der Waals surface area contributed by atoms with E-state index in [1.54, 1.807) is 0 Å². The minimum atomic E-state index is -4.75. The number of ether oxygens (including phenoxy) is 1. The lowest BCUT2D eigenvalue weighted by Crippen LogP contribution is -2.61. The summed E-state index contributed by atoms with van der Waals surface area (Å²) in [6.07, 6.45) is -10.6. The van der Waals surface area contributed by atoms with Crippen molar-refractivity contribution in [3.05, 3.63) is 40.2 Å². The molecule has 2 aromatic rings. The van der Waals surface area contributed by atoms with Crippen molar-refractivity contribution in [2.24, 2.45) is 0 Å². The molecule has 0 amide bonds. The van der Waals surface area contributed by atoms with Crippen LogP contribution in [0.1, 0.15) is 5.56 Å². The number of halogens is 3. The highest BCUT2D eigenvalue weighted by molar-refractivity contribution is 5.84. The molecule has 1 aliphatic rings. The van der Waals surface area contributed by atoms with E-state index in [-0.39, 0.29) is 16.7 Å². The molecule has 0 radical (unpaired) electrons. The number of hydrogen-bond acceptors (Lipinski definition) is 8. The fourth-order valence-corrected chi connectivity index (χ4v) is 2.93. The quantitative estimate of drug-likeness (QED) is 0.463. The average Bonchev–Trinajstić information content (AvgIpc) is 2.60. The Labute approximate surface area is 149 Å². The van der Waals surface area contributed by atoms with Gasteiger partial charge >= 0.3 is 11.8 Å². The molecular weight excluding hydrogens is 375 g/mol. The van der Waals surface area contributed by atoms with E-state index < -0.39 is 54.6 Å². The van der Waals surface area contributed by atoms with Crippen molar-refractivity contribution in [2.75, 3.05) is 11.9 Å². The number of aliphatic hydroxyl groups excluding tert-OH is 4. The highest BCUT2D eigenvalue weighted by Crippen LogP contribution is 2.35. The van der Waals surface area contributed by atoms with Gasteiger partial charge in [0.05, 0.1) is 12.2 Å². The molecule has 1 saturated heterocycles. The molecule has 27 heavy (non-hydrogen) atoms. The lowest BCUT2D eigenvalue weighted by molar-refractivity contribution is -0.245. The second kappa shape index (κ2) is 7.09. The highest BCUT2D eigenvalue weighted by atomic mass is 19.4. The first-order valence-electron chi connectivity index (χ1n) is 7.84. The van der Waals surface area contributed by atoms with E-state index >= 15 is 0 Å². The van der Waals surface area contributed by atoms with Crippen LogP contribution in [0.4, 0.5) is 18.9 Å². The van der Waals surface area contributed by atoms with Gasteiger partial charge in [0.25, 0.3) is 0 Å². The van der Waals surface area contributed by atoms with Gasteiger partial charge in [-0.2, -0.15) is 13.2 Å². The molecule has 5 atom stereocenters. The Morgan fingerprint density at radius 3 is 2.44 bits per heavy atom. The summed E-state index contributed by atoms with van der Waals surface area (Å²) in [5, 5.41) is 41.2. The highest BCUT2D eigenvalue weighted by Gasteiger charge is 2.43. The Morgan fingerprint density at radius 2 is 1.81 bits per heavy atom. The lowest BCUT2D eigenvalue weighted by atomic mass is 9.96. The fourth-order valence-electron chi connectivity index (χ4n) is 2.93. The van der Waals surface area contributed by atoms with Crippen molar-refractivity contribution in [3.8, 4) is 0 Å². The molecule has 148 valence electrons. The van der Waals surface area contributed by atoms with Gasteiger partial charge in [0, 0.05) is 23.2 Å². The third-order valence-electron chi connectivity index (χ3n) is 4.28. The van der Waals surface area contributed by atoms with E-state index in [0.717, 1.165) is 12.1 Å². The minimum Gasteiger partial charge on any atom is -0.423 e. The molecule has 0 spiro atoms. The van der Waals surface area contributed by atoms with E-state index in [9.17, 15) is 33.3 Å². The Morgan fingerprint density at radius 1 is 1.11 bits per heavy atom. The van der Waals surface area contributed by atoms with Crippen LogP contribution in [0.25, 0.3) is 11.0 Å². The summed E-state index contributed by atoms with van der Waals surface area (Å²) in [4.78, 5) is 11.4. The van der Waals surface area contributed by atoms with E-state index in [0.29, 0.717) is 6.07 Å². The molecular formula is C16H16F3NO7. The number of benzene rings is 1. The molecule has 2 heterocycles. The molecule has 1 fully saturated rings. The summed E-state index contributed by atoms with van der Waals surface area (Å²) in [6, 6.07) is 2.48. The van der Waals surface area contributed by atoms with E-state index in [2.05, 4.69) is 5.32 Å². The number of nitrogens with one attached hydrogen (secondary N) is 1. The third kappa shape index (κ3) is 3.77. The second-order valence-corrected chi connectivity index (χ2v) is 6.09. The molecule has 1 aromatic carbocycles. The first-order valence-corrected chi connectivity index (χ1v) is 7.84. The summed E-state index contributed by atoms with van der Waals surface area (Å²) in [6.45, 7) is -0.636. The predicted octanol–water partition coefficient (Wildman–Crippen LogP) is 0.0236. The van der Waals surface area contributed by atoms with Gasteiger partial charge in [-0.1, -0.05) is 0 Å². The zero-order valence-electron chi connectivity index (χ0n) is 13.6. The zero-order chi connectivity index (χ0) is 19.9. The lowest BCUT2D eigenvalue weighted by Gasteiger charge is -2.40. The second-order valence-electron chi connectivity index (χ2n) is 6.09. The molecule has 0 aliphatic carbocycles. The van der Waals surface area contributed by atoms with Crippen molar-refractivity contribution in [3.63, 3.8) is 0 Å². The van der Waals surface area contributed by atoms with Gasteiger partial charge in [-0.25, -0.2) is 4.79 Å². The fraction of sp³-hybridized carbons (Fsp3) is 0.438. The maximum atomic E-state index is 13.1. The van der Waals surface area contributed by atoms with E-state index in [1.165, 1.54) is 6.07 Å². The van der Waals surface area contributed by atoms with Crippen molar-refractivity contribution in [1.82, 2.24) is 0 Å². The van der Waals surface area contributed by atoms with Crippen LogP contribution in [0.2, 0.25) is 0 Å². The van der Waals surface area contributed by atoms with Crippen LogP contribution in [0.15, 0.2) is 33.5 Å². The van der Waals surface area contributed by atoms with Gasteiger partial charge in [0.2, 0.25) is 0 Å². The van der Waals surface area contributed by atoms with Gasteiger partial charge in [-0.05, 0) is 12.1 Å². The summed E-state index contributed by atoms with van der Waals surface area (Å²) >= 11 is 0. The first kappa shape index (κ1) is 19.6. The maximum Gasteiger partial charge on any atom is 0.417 e. The molecule has 8 nitrogen and oxygen atoms in total. The number of anilines is 1. The number of fused-ring (bicyclic) bond motifs is 1. The van der Waals surface area contributed by atoms with Crippen molar-refractivity contribution in [1.29, 1.82) is 0 Å². The Balaban J connectivity index is 1.93. The molecule has 1 aliphatic heterocycles. The topological polar surface area (TPSA) is 132 Å². The summed E-state index contributed by atoms with van der Waals surface area (Å²) in [5.41, 5.74) is -2.59. The smallest absolute Gasteiger partial charge is 0.417 e. The number of alkyl halides is 3. The summed E-state index contributed by atoms with van der Waals surface area (Å²) in [5.74, 6) is 0. The molecule has 0 saturated carbocycles. The zero-order valence-corrected chi connectivity index (χ0v) is 13.6. The Hall–Kier alpha value is -2.18. The van der Waals surface area contributed by atoms with Gasteiger partial charge < -0.3 is 34.9 Å². The van der Waals surface area contributed by atoms with Crippen LogP contribution >= 0.6 is 0 Å². The van der Waals surface area contributed by atoms with Crippen molar-refractivity contribution < 1.29 is 42.8 Å². The van der Waals surface area contributed by atoms with Gasteiger partial charge in [-0.15, -0.1) is 0 Å². The molecule has 1 aromatic heterocycles. The monoisotopic (exact) mass is 391 g/mol. The Kier molecular flexibility index (Phi) is 5.14. The number of aliphatic hydroxyl groups is 4. The normalized spacial score (nSPS) is 29.1. The third-order valence-corrected chi connectivity index (χ3v) is 4.28. The van der Waals surface area contributed by atoms with Crippen molar-refractivity contribution >= 4 is 16.7 Å². The molecule has 11 heteroatoms. The summed E-state index contributed by atoms with van der Waals surface area (Å²) < 4.78 is 49.0. The van der Waals surface area contributed by atoms with Crippen LogP contribution in [0.3, 0.4) is 0 Å². The minimum absolute atomic E-state index is 0.103. The van der Waals surface area contributed by atoms with Gasteiger partial charge in [-0.3, -0.25) is 0 Å². The SMILES string of the molecule is O=c1cc(C(F)(F)F)c2ccc(NC3[C@@H](O)OC(CO)[C@H](O)[C@H]3O)cc2o1. The van der Waals surface area contributed by atoms with Gasteiger partial charge in [0.1, 0.15) is 29.9 Å². The number of rotatable bonds is 3. The van der Waals surface area contributed by atoms with Gasteiger partial charge in [0.15, 0.2) is 6.29 Å². The van der Waals surface area contributed by atoms with Crippen LogP contribution in [0.5, 0.6) is 0 Å². The Bertz CT molecular complexity index is 884. The van der Waals surface area contributed by atoms with Crippen molar-refractivity contribution in [2.45, 2.75) is 36.8 Å². The van der Waals surface area contributed by atoms with Crippen LogP contribution in [-0.4, -0.2) is 57.7 Å². The standard InChI is InChI=1S/C16H16F3NO7/c17-16(18,19)8-4-11(22)26-9-3-6(1-2-7(8)9)20-12-14(24)13(23)10(5-21)27-15(12)25/h1-4,10,12-15,20-21,23-25H,5H2/t10?,12?,13-,14-,15-/m0/s1.